The molecule has 1 fully saturated rings. The highest BCUT2D eigenvalue weighted by Crippen LogP contribution is 2.34. The average molecular weight is 400 g/mol. The highest BCUT2D eigenvalue weighted by atomic mass is 16.2. The molecule has 0 unspecified atom stereocenters. The molecule has 1 aliphatic rings. The van der Waals surface area contributed by atoms with Crippen LogP contribution >= 0.6 is 0 Å². The molecule has 2 aromatic carbocycles. The fraction of sp³-hybridized carbons (Fsp3) is 0.292. The van der Waals surface area contributed by atoms with Gasteiger partial charge in [-0.15, -0.1) is 0 Å². The molecule has 5 rings (SSSR count). The summed E-state index contributed by atoms with van der Waals surface area (Å²) in [5, 5.41) is 5.83. The van der Waals surface area contributed by atoms with Crippen molar-refractivity contribution in [3.05, 3.63) is 70.1 Å². The summed E-state index contributed by atoms with van der Waals surface area (Å²) in [5.74, 6) is 0.304. The Hall–Kier alpha value is -3.41. The first-order valence-corrected chi connectivity index (χ1v) is 10.4. The summed E-state index contributed by atoms with van der Waals surface area (Å²) < 4.78 is 1.90. The van der Waals surface area contributed by atoms with Gasteiger partial charge in [-0.05, 0) is 42.5 Å². The smallest absolute Gasteiger partial charge is 0.251 e. The van der Waals surface area contributed by atoms with Crippen LogP contribution in [0, 0.1) is 6.92 Å². The third-order valence-corrected chi connectivity index (χ3v) is 6.26. The molecule has 0 aliphatic carbocycles. The summed E-state index contributed by atoms with van der Waals surface area (Å²) in [7, 11) is 0. The van der Waals surface area contributed by atoms with Crippen LogP contribution in [0.15, 0.2) is 53.3 Å². The Morgan fingerprint density at radius 3 is 2.53 bits per heavy atom. The van der Waals surface area contributed by atoms with Crippen LogP contribution < -0.4 is 5.56 Å². The largest absolute Gasteiger partial charge is 0.343 e. The van der Waals surface area contributed by atoms with Crippen LogP contribution in [0.1, 0.15) is 36.9 Å². The van der Waals surface area contributed by atoms with Gasteiger partial charge >= 0.3 is 0 Å². The highest BCUT2D eigenvalue weighted by Gasteiger charge is 2.25. The van der Waals surface area contributed by atoms with Gasteiger partial charge in [0.1, 0.15) is 5.65 Å². The second kappa shape index (κ2) is 7.13. The summed E-state index contributed by atoms with van der Waals surface area (Å²) in [4.78, 5) is 29.2. The molecule has 0 radical (unpaired) electrons. The van der Waals surface area contributed by atoms with Gasteiger partial charge in [-0.1, -0.05) is 36.4 Å². The van der Waals surface area contributed by atoms with E-state index in [4.69, 9.17) is 5.10 Å². The van der Waals surface area contributed by atoms with Crippen LogP contribution in [0.4, 0.5) is 0 Å². The number of hydrogen-bond donors (Lipinski definition) is 1. The minimum absolute atomic E-state index is 0.109. The van der Waals surface area contributed by atoms with Crippen molar-refractivity contribution in [2.24, 2.45) is 0 Å². The fourth-order valence-corrected chi connectivity index (χ4v) is 4.67. The number of fused-ring (bicyclic) bond motifs is 3. The summed E-state index contributed by atoms with van der Waals surface area (Å²) >= 11 is 0. The van der Waals surface area contributed by atoms with Crippen LogP contribution in [0.3, 0.4) is 0 Å². The lowest BCUT2D eigenvalue weighted by Gasteiger charge is -2.31. The zero-order valence-corrected chi connectivity index (χ0v) is 17.2. The van der Waals surface area contributed by atoms with Crippen molar-refractivity contribution in [3.8, 4) is 11.1 Å². The molecule has 152 valence electrons. The maximum atomic E-state index is 12.6. The SMILES string of the molecule is CC(=O)N1CCC(c2cc(=O)[nH]c3c4c(-c5ccccc5C)cccc4nn23)CC1. The van der Waals surface area contributed by atoms with Crippen LogP contribution in [0.25, 0.3) is 27.7 Å². The van der Waals surface area contributed by atoms with E-state index in [1.54, 1.807) is 13.0 Å². The molecule has 1 saturated heterocycles. The first-order chi connectivity index (χ1) is 14.5. The Balaban J connectivity index is 1.70. The van der Waals surface area contributed by atoms with Gasteiger partial charge in [0, 0.05) is 32.0 Å². The quantitative estimate of drug-likeness (QED) is 0.555. The Labute approximate surface area is 174 Å². The lowest BCUT2D eigenvalue weighted by atomic mass is 9.93. The Bertz CT molecular complexity index is 1330. The number of aromatic nitrogens is 3. The average Bonchev–Trinajstić information content (AvgIpc) is 3.12. The van der Waals surface area contributed by atoms with Crippen LogP contribution in [-0.2, 0) is 4.79 Å². The molecule has 2 aromatic heterocycles. The van der Waals surface area contributed by atoms with E-state index in [-0.39, 0.29) is 17.4 Å². The standard InChI is InChI=1S/C24H24N4O2/c1-15-6-3-4-7-18(15)19-8-5-9-20-23(19)24-25-22(30)14-21(28(24)26-20)17-10-12-27(13-11-17)16(2)29/h3-9,14,17H,10-13H2,1-2H3,(H,25,30). The van der Waals surface area contributed by atoms with Gasteiger partial charge in [-0.3, -0.25) is 9.59 Å². The van der Waals surface area contributed by atoms with E-state index in [0.717, 1.165) is 46.2 Å². The number of piperidine rings is 1. The number of likely N-dealkylation sites (tertiary alicyclic amines) is 1. The third kappa shape index (κ3) is 3.00. The van der Waals surface area contributed by atoms with Gasteiger partial charge in [0.25, 0.3) is 5.56 Å². The van der Waals surface area contributed by atoms with E-state index in [9.17, 15) is 9.59 Å². The van der Waals surface area contributed by atoms with E-state index in [1.807, 2.05) is 33.7 Å². The molecule has 0 saturated carbocycles. The Kier molecular flexibility index (Phi) is 4.42. The monoisotopic (exact) mass is 400 g/mol. The number of amides is 1. The number of carbonyl (C=O) groups is 1. The summed E-state index contributed by atoms with van der Waals surface area (Å²) in [5.41, 5.74) is 5.79. The number of benzene rings is 2. The highest BCUT2D eigenvalue weighted by molar-refractivity contribution is 6.04. The summed E-state index contributed by atoms with van der Waals surface area (Å²) in [6, 6.07) is 16.0. The van der Waals surface area contributed by atoms with E-state index in [1.165, 1.54) is 5.56 Å². The van der Waals surface area contributed by atoms with Gasteiger partial charge in [-0.2, -0.15) is 5.10 Å². The van der Waals surface area contributed by atoms with Gasteiger partial charge < -0.3 is 9.88 Å². The zero-order chi connectivity index (χ0) is 20.8. The van der Waals surface area contributed by atoms with Crippen LogP contribution in [0.5, 0.6) is 0 Å². The van der Waals surface area contributed by atoms with E-state index < -0.39 is 0 Å². The van der Waals surface area contributed by atoms with Crippen molar-refractivity contribution in [1.82, 2.24) is 19.5 Å². The van der Waals surface area contributed by atoms with Gasteiger partial charge in [0.05, 0.1) is 16.6 Å². The molecule has 6 heteroatoms. The van der Waals surface area contributed by atoms with Crippen molar-refractivity contribution in [2.45, 2.75) is 32.6 Å². The van der Waals surface area contributed by atoms with E-state index in [2.05, 4.69) is 30.1 Å². The second-order valence-corrected chi connectivity index (χ2v) is 8.11. The van der Waals surface area contributed by atoms with Gasteiger partial charge in [0.2, 0.25) is 5.91 Å². The molecule has 30 heavy (non-hydrogen) atoms. The van der Waals surface area contributed by atoms with Crippen molar-refractivity contribution < 1.29 is 4.79 Å². The molecule has 0 atom stereocenters. The molecule has 6 nitrogen and oxygen atoms in total. The summed E-state index contributed by atoms with van der Waals surface area (Å²) in [6.45, 7) is 5.13. The molecule has 1 amide bonds. The molecule has 1 N–H and O–H groups in total. The van der Waals surface area contributed by atoms with Crippen LogP contribution in [0.2, 0.25) is 0 Å². The first kappa shape index (κ1) is 18.6. The van der Waals surface area contributed by atoms with Gasteiger partial charge in [-0.25, -0.2) is 4.52 Å². The predicted octanol–water partition coefficient (Wildman–Crippen LogP) is 3.88. The maximum Gasteiger partial charge on any atom is 0.251 e. The molecular weight excluding hydrogens is 376 g/mol. The number of carbonyl (C=O) groups excluding carboxylic acids is 1. The molecule has 0 bridgehead atoms. The molecule has 1 aliphatic heterocycles. The number of aromatic amines is 1. The number of aryl methyl sites for hydroxylation is 1. The molecule has 3 heterocycles. The third-order valence-electron chi connectivity index (χ3n) is 6.26. The molecular formula is C24H24N4O2. The molecule has 4 aromatic rings. The number of nitrogens with zero attached hydrogens (tertiary/aromatic N) is 3. The number of hydrogen-bond acceptors (Lipinski definition) is 3. The minimum Gasteiger partial charge on any atom is -0.343 e. The predicted molar refractivity (Wildman–Crippen MR) is 118 cm³/mol. The number of rotatable bonds is 2. The van der Waals surface area contributed by atoms with Crippen molar-refractivity contribution in [3.63, 3.8) is 0 Å². The van der Waals surface area contributed by atoms with E-state index in [0.29, 0.717) is 13.1 Å². The van der Waals surface area contributed by atoms with Gasteiger partial charge in [0.15, 0.2) is 0 Å². The minimum atomic E-state index is -0.118. The lowest BCUT2D eigenvalue weighted by molar-refractivity contribution is -0.129. The van der Waals surface area contributed by atoms with Crippen molar-refractivity contribution in [1.29, 1.82) is 0 Å². The first-order valence-electron chi connectivity index (χ1n) is 10.4. The van der Waals surface area contributed by atoms with Crippen molar-refractivity contribution in [2.75, 3.05) is 13.1 Å². The Morgan fingerprint density at radius 2 is 1.80 bits per heavy atom. The fourth-order valence-electron chi connectivity index (χ4n) is 4.67. The topological polar surface area (TPSA) is 70.5 Å². The zero-order valence-electron chi connectivity index (χ0n) is 17.2. The number of H-pyrrole nitrogens is 1. The second-order valence-electron chi connectivity index (χ2n) is 8.11. The number of nitrogens with one attached hydrogen (secondary N) is 1. The van der Waals surface area contributed by atoms with Crippen molar-refractivity contribution >= 4 is 22.5 Å². The van der Waals surface area contributed by atoms with E-state index >= 15 is 0 Å². The maximum absolute atomic E-state index is 12.6. The summed E-state index contributed by atoms with van der Waals surface area (Å²) in [6.07, 6.45) is 1.66. The lowest BCUT2D eigenvalue weighted by Crippen LogP contribution is -2.37. The molecule has 0 spiro atoms. The normalized spacial score (nSPS) is 15.2. The Morgan fingerprint density at radius 1 is 1.07 bits per heavy atom. The van der Waals surface area contributed by atoms with Crippen LogP contribution in [-0.4, -0.2) is 38.5 Å².